The molecule has 1 fully saturated rings. The number of carbonyl (C=O) groups is 1. The maximum absolute atomic E-state index is 12.7. The van der Waals surface area contributed by atoms with Gasteiger partial charge in [0.15, 0.2) is 11.5 Å². The molecule has 0 spiro atoms. The Morgan fingerprint density at radius 1 is 1.12 bits per heavy atom. The van der Waals surface area contributed by atoms with Crippen molar-refractivity contribution in [2.75, 3.05) is 37.2 Å². The Hall–Kier alpha value is -4.01. The largest absolute Gasteiger partial charge is 0.495 e. The zero-order valence-corrected chi connectivity index (χ0v) is 19.0. The number of benzene rings is 2. The van der Waals surface area contributed by atoms with E-state index in [1.807, 2.05) is 48.5 Å². The molecule has 2 aliphatic rings. The summed E-state index contributed by atoms with van der Waals surface area (Å²) in [7, 11) is 1.64. The molecular formula is C25H27N5O4. The van der Waals surface area contributed by atoms with Crippen molar-refractivity contribution in [2.45, 2.75) is 19.4 Å². The quantitative estimate of drug-likeness (QED) is 0.552. The summed E-state index contributed by atoms with van der Waals surface area (Å²) in [6.07, 6.45) is 3.24. The lowest BCUT2D eigenvalue weighted by Gasteiger charge is -2.31. The fraction of sp³-hybridized carbons (Fsp3) is 0.320. The number of nitrogens with one attached hydrogen (secondary N) is 2. The van der Waals surface area contributed by atoms with E-state index in [2.05, 4.69) is 25.5 Å². The number of hydrogen-bond acceptors (Lipinski definition) is 8. The highest BCUT2D eigenvalue weighted by molar-refractivity contribution is 5.79. The van der Waals surface area contributed by atoms with Crippen LogP contribution in [0.25, 0.3) is 0 Å². The molecule has 2 aromatic carbocycles. The third-order valence-corrected chi connectivity index (χ3v) is 6.06. The normalized spacial score (nSPS) is 15.1. The lowest BCUT2D eigenvalue weighted by molar-refractivity contribution is -0.125. The van der Waals surface area contributed by atoms with Gasteiger partial charge in [-0.25, -0.2) is 4.98 Å². The molecule has 3 aromatic rings. The summed E-state index contributed by atoms with van der Waals surface area (Å²) in [5.74, 6) is 3.60. The van der Waals surface area contributed by atoms with Crippen LogP contribution >= 0.6 is 0 Å². The Balaban J connectivity index is 1.14. The van der Waals surface area contributed by atoms with E-state index in [4.69, 9.17) is 14.2 Å². The van der Waals surface area contributed by atoms with E-state index in [1.165, 1.54) is 0 Å². The van der Waals surface area contributed by atoms with Crippen molar-refractivity contribution in [2.24, 2.45) is 5.92 Å². The zero-order chi connectivity index (χ0) is 23.3. The maximum atomic E-state index is 12.7. The van der Waals surface area contributed by atoms with E-state index in [-0.39, 0.29) is 18.6 Å². The number of carbonyl (C=O) groups excluding carboxylic acids is 1. The predicted molar refractivity (Wildman–Crippen MR) is 128 cm³/mol. The molecule has 1 aromatic heterocycles. The highest BCUT2D eigenvalue weighted by Gasteiger charge is 2.26. The Bertz CT molecular complexity index is 1160. The van der Waals surface area contributed by atoms with Crippen LogP contribution in [0.4, 0.5) is 17.5 Å². The van der Waals surface area contributed by atoms with Crippen molar-refractivity contribution in [1.29, 1.82) is 0 Å². The fourth-order valence-electron chi connectivity index (χ4n) is 4.18. The topological polar surface area (TPSA) is 97.8 Å². The van der Waals surface area contributed by atoms with Crippen molar-refractivity contribution in [3.8, 4) is 17.2 Å². The van der Waals surface area contributed by atoms with E-state index < -0.39 is 0 Å². The zero-order valence-electron chi connectivity index (χ0n) is 19.0. The van der Waals surface area contributed by atoms with E-state index in [9.17, 15) is 4.79 Å². The molecule has 2 N–H and O–H groups in total. The molecule has 34 heavy (non-hydrogen) atoms. The van der Waals surface area contributed by atoms with Crippen LogP contribution in [0.15, 0.2) is 54.7 Å². The first-order chi connectivity index (χ1) is 16.7. The summed E-state index contributed by atoms with van der Waals surface area (Å²) < 4.78 is 16.1. The van der Waals surface area contributed by atoms with E-state index in [0.717, 1.165) is 54.4 Å². The molecule has 5 rings (SSSR count). The summed E-state index contributed by atoms with van der Waals surface area (Å²) in [6.45, 7) is 2.16. The van der Waals surface area contributed by atoms with Gasteiger partial charge in [0.1, 0.15) is 11.6 Å². The summed E-state index contributed by atoms with van der Waals surface area (Å²) in [5.41, 5.74) is 1.83. The predicted octanol–water partition coefficient (Wildman–Crippen LogP) is 3.49. The van der Waals surface area contributed by atoms with Crippen LogP contribution in [-0.2, 0) is 11.3 Å². The second-order valence-corrected chi connectivity index (χ2v) is 8.23. The number of rotatable bonds is 7. The third-order valence-electron chi connectivity index (χ3n) is 6.06. The van der Waals surface area contributed by atoms with Crippen molar-refractivity contribution in [1.82, 2.24) is 15.3 Å². The molecule has 3 heterocycles. The van der Waals surface area contributed by atoms with Crippen LogP contribution in [0.3, 0.4) is 0 Å². The van der Waals surface area contributed by atoms with Crippen molar-refractivity contribution in [3.63, 3.8) is 0 Å². The van der Waals surface area contributed by atoms with Crippen molar-refractivity contribution >= 4 is 23.4 Å². The Kier molecular flexibility index (Phi) is 6.33. The van der Waals surface area contributed by atoms with E-state index in [0.29, 0.717) is 18.3 Å². The minimum absolute atomic E-state index is 0.0276. The highest BCUT2D eigenvalue weighted by Crippen LogP contribution is 2.32. The minimum Gasteiger partial charge on any atom is -0.495 e. The lowest BCUT2D eigenvalue weighted by Crippen LogP contribution is -2.41. The van der Waals surface area contributed by atoms with Gasteiger partial charge in [-0.15, -0.1) is 0 Å². The number of fused-ring (bicyclic) bond motifs is 1. The second kappa shape index (κ2) is 9.86. The summed E-state index contributed by atoms with van der Waals surface area (Å²) >= 11 is 0. The first kappa shape index (κ1) is 21.8. The Labute approximate surface area is 198 Å². The molecule has 9 heteroatoms. The van der Waals surface area contributed by atoms with E-state index >= 15 is 0 Å². The van der Waals surface area contributed by atoms with Gasteiger partial charge < -0.3 is 29.7 Å². The summed E-state index contributed by atoms with van der Waals surface area (Å²) in [4.78, 5) is 24.0. The van der Waals surface area contributed by atoms with Crippen LogP contribution in [0.1, 0.15) is 18.4 Å². The average molecular weight is 462 g/mol. The minimum atomic E-state index is -0.0276. The molecule has 9 nitrogen and oxygen atoms in total. The van der Waals surface area contributed by atoms with Crippen LogP contribution in [0.2, 0.25) is 0 Å². The molecule has 2 aliphatic heterocycles. The number of methoxy groups -OCH3 is 1. The second-order valence-electron chi connectivity index (χ2n) is 8.23. The highest BCUT2D eigenvalue weighted by atomic mass is 16.7. The number of aromatic nitrogens is 2. The number of hydrogen-bond donors (Lipinski definition) is 2. The van der Waals surface area contributed by atoms with Crippen molar-refractivity contribution < 1.29 is 19.0 Å². The third kappa shape index (κ3) is 4.83. The standard InChI is InChI=1S/C25H27N5O4/c1-32-20-5-3-2-4-19(20)28-23-8-11-26-25(29-23)30-12-9-18(10-13-30)24(31)27-15-17-6-7-21-22(14-17)34-16-33-21/h2-8,11,14,18H,9-10,12-13,15-16H2,1H3,(H,27,31)(H,26,28,29). The summed E-state index contributed by atoms with van der Waals surface area (Å²) in [5, 5.41) is 6.35. The van der Waals surface area contributed by atoms with Gasteiger partial charge in [-0.1, -0.05) is 18.2 Å². The number of amides is 1. The monoisotopic (exact) mass is 461 g/mol. The van der Waals surface area contributed by atoms with E-state index in [1.54, 1.807) is 13.3 Å². The molecule has 176 valence electrons. The summed E-state index contributed by atoms with van der Waals surface area (Å²) in [6, 6.07) is 15.3. The van der Waals surface area contributed by atoms with Gasteiger partial charge in [0.05, 0.1) is 12.8 Å². The van der Waals surface area contributed by atoms with Crippen LogP contribution in [0.5, 0.6) is 17.2 Å². The molecule has 1 amide bonds. The van der Waals surface area contributed by atoms with Crippen LogP contribution < -0.4 is 29.7 Å². The smallest absolute Gasteiger partial charge is 0.231 e. The first-order valence-electron chi connectivity index (χ1n) is 11.3. The maximum Gasteiger partial charge on any atom is 0.231 e. The van der Waals surface area contributed by atoms with Crippen molar-refractivity contribution in [3.05, 3.63) is 60.3 Å². The molecular weight excluding hydrogens is 434 g/mol. The molecule has 0 unspecified atom stereocenters. The SMILES string of the molecule is COc1ccccc1Nc1ccnc(N2CCC(C(=O)NCc3ccc4c(c3)OCO4)CC2)n1. The van der Waals surface area contributed by atoms with Gasteiger partial charge >= 0.3 is 0 Å². The molecule has 0 aliphatic carbocycles. The number of nitrogens with zero attached hydrogens (tertiary/aromatic N) is 3. The lowest BCUT2D eigenvalue weighted by atomic mass is 9.96. The van der Waals surface area contributed by atoms with Crippen LogP contribution in [-0.4, -0.2) is 42.9 Å². The molecule has 0 radical (unpaired) electrons. The molecule has 0 bridgehead atoms. The van der Waals surface area contributed by atoms with Gasteiger partial charge in [-0.05, 0) is 48.7 Å². The first-order valence-corrected chi connectivity index (χ1v) is 11.3. The molecule has 0 saturated carbocycles. The molecule has 0 atom stereocenters. The number of anilines is 3. The van der Waals surface area contributed by atoms with Gasteiger partial charge in [-0.3, -0.25) is 4.79 Å². The Morgan fingerprint density at radius 3 is 2.79 bits per heavy atom. The average Bonchev–Trinajstić information content (AvgIpc) is 3.36. The number of para-hydroxylation sites is 2. The van der Waals surface area contributed by atoms with Crippen LogP contribution in [0, 0.1) is 5.92 Å². The fourth-order valence-corrected chi connectivity index (χ4v) is 4.18. The number of piperidine rings is 1. The van der Waals surface area contributed by atoms with Gasteiger partial charge in [0.2, 0.25) is 18.6 Å². The number of ether oxygens (including phenoxy) is 3. The molecule has 1 saturated heterocycles. The van der Waals surface area contributed by atoms with Gasteiger partial charge in [-0.2, -0.15) is 4.98 Å². The Morgan fingerprint density at radius 2 is 1.94 bits per heavy atom. The van der Waals surface area contributed by atoms with Gasteiger partial charge in [0.25, 0.3) is 0 Å². The van der Waals surface area contributed by atoms with Gasteiger partial charge in [0, 0.05) is 31.7 Å².